The SMILES string of the molecule is CCCCN(CC(=O)N1CCNCC1)S(=O)(=O)c1ccc(CC(C)C)cc1. The fraction of sp³-hybridized carbons (Fsp3) is 0.650. The number of hydrogen-bond donors (Lipinski definition) is 1. The van der Waals surface area contributed by atoms with E-state index in [0.29, 0.717) is 25.6 Å². The molecule has 27 heavy (non-hydrogen) atoms. The van der Waals surface area contributed by atoms with Crippen LogP contribution in [0.1, 0.15) is 39.2 Å². The smallest absolute Gasteiger partial charge is 0.243 e. The molecule has 0 unspecified atom stereocenters. The summed E-state index contributed by atoms with van der Waals surface area (Å²) >= 11 is 0. The van der Waals surface area contributed by atoms with Gasteiger partial charge in [0, 0.05) is 32.7 Å². The molecule has 0 aromatic heterocycles. The first-order valence-electron chi connectivity index (χ1n) is 9.92. The molecule has 1 heterocycles. The molecule has 0 saturated carbocycles. The Bertz CT molecular complexity index is 696. The average molecular weight is 396 g/mol. The van der Waals surface area contributed by atoms with Crippen molar-refractivity contribution in [1.29, 1.82) is 0 Å². The predicted molar refractivity (Wildman–Crippen MR) is 108 cm³/mol. The van der Waals surface area contributed by atoms with Crippen molar-refractivity contribution in [2.45, 2.75) is 44.9 Å². The number of nitrogens with one attached hydrogen (secondary N) is 1. The average Bonchev–Trinajstić information content (AvgIpc) is 2.65. The zero-order valence-electron chi connectivity index (χ0n) is 16.8. The number of hydrogen-bond acceptors (Lipinski definition) is 4. The lowest BCUT2D eigenvalue weighted by molar-refractivity contribution is -0.131. The molecule has 0 atom stereocenters. The fourth-order valence-corrected chi connectivity index (χ4v) is 4.63. The molecule has 1 aromatic rings. The summed E-state index contributed by atoms with van der Waals surface area (Å²) < 4.78 is 27.6. The van der Waals surface area contributed by atoms with Crippen LogP contribution in [0, 0.1) is 5.92 Å². The fourth-order valence-electron chi connectivity index (χ4n) is 3.20. The van der Waals surface area contributed by atoms with Crippen molar-refractivity contribution in [2.24, 2.45) is 5.92 Å². The van der Waals surface area contributed by atoms with E-state index in [-0.39, 0.29) is 17.3 Å². The summed E-state index contributed by atoms with van der Waals surface area (Å²) in [5.41, 5.74) is 1.13. The second-order valence-corrected chi connectivity index (χ2v) is 9.50. The standard InChI is InChI=1S/C20H33N3O3S/c1-4-5-12-23(16-20(24)22-13-10-21-11-14-22)27(25,26)19-8-6-18(7-9-19)15-17(2)3/h6-9,17,21H,4-5,10-16H2,1-3H3. The van der Waals surface area contributed by atoms with Crippen molar-refractivity contribution in [2.75, 3.05) is 39.3 Å². The highest BCUT2D eigenvalue weighted by Crippen LogP contribution is 2.19. The van der Waals surface area contributed by atoms with Crippen LogP contribution in [0.15, 0.2) is 29.2 Å². The van der Waals surface area contributed by atoms with Crippen LogP contribution >= 0.6 is 0 Å². The Morgan fingerprint density at radius 3 is 2.37 bits per heavy atom. The van der Waals surface area contributed by atoms with Crippen molar-refractivity contribution >= 4 is 15.9 Å². The lowest BCUT2D eigenvalue weighted by Crippen LogP contribution is -2.50. The van der Waals surface area contributed by atoms with E-state index in [2.05, 4.69) is 19.2 Å². The van der Waals surface area contributed by atoms with E-state index >= 15 is 0 Å². The van der Waals surface area contributed by atoms with Crippen LogP contribution in [-0.4, -0.2) is 62.8 Å². The Hall–Kier alpha value is -1.44. The van der Waals surface area contributed by atoms with E-state index in [1.165, 1.54) is 4.31 Å². The second-order valence-electron chi connectivity index (χ2n) is 7.56. The normalized spacial score (nSPS) is 15.5. The molecular formula is C20H33N3O3S. The number of carbonyl (C=O) groups is 1. The van der Waals surface area contributed by atoms with E-state index in [1.54, 1.807) is 17.0 Å². The summed E-state index contributed by atoms with van der Waals surface area (Å²) in [6, 6.07) is 7.09. The Kier molecular flexibility index (Phi) is 8.26. The highest BCUT2D eigenvalue weighted by Gasteiger charge is 2.28. The zero-order chi connectivity index (χ0) is 19.9. The van der Waals surface area contributed by atoms with Gasteiger partial charge in [-0.3, -0.25) is 4.79 Å². The maximum atomic E-state index is 13.1. The highest BCUT2D eigenvalue weighted by atomic mass is 32.2. The van der Waals surface area contributed by atoms with Gasteiger partial charge in [-0.15, -0.1) is 0 Å². The molecule has 0 radical (unpaired) electrons. The van der Waals surface area contributed by atoms with Crippen molar-refractivity contribution in [3.05, 3.63) is 29.8 Å². The van der Waals surface area contributed by atoms with E-state index in [1.807, 2.05) is 19.1 Å². The van der Waals surface area contributed by atoms with Gasteiger partial charge in [-0.05, 0) is 36.5 Å². The van der Waals surface area contributed by atoms with Gasteiger partial charge in [0.05, 0.1) is 11.4 Å². The molecule has 1 N–H and O–H groups in total. The Labute approximate surface area is 164 Å². The number of piperazine rings is 1. The van der Waals surface area contributed by atoms with E-state index in [0.717, 1.165) is 37.9 Å². The molecule has 1 saturated heterocycles. The number of amides is 1. The van der Waals surface area contributed by atoms with E-state index in [9.17, 15) is 13.2 Å². The van der Waals surface area contributed by atoms with Gasteiger partial charge in [0.1, 0.15) is 0 Å². The van der Waals surface area contributed by atoms with E-state index in [4.69, 9.17) is 0 Å². The third-order valence-corrected chi connectivity index (χ3v) is 6.61. The number of rotatable bonds is 9. The maximum absolute atomic E-state index is 13.1. The van der Waals surface area contributed by atoms with Gasteiger partial charge in [-0.1, -0.05) is 39.3 Å². The zero-order valence-corrected chi connectivity index (χ0v) is 17.6. The highest BCUT2D eigenvalue weighted by molar-refractivity contribution is 7.89. The largest absolute Gasteiger partial charge is 0.339 e. The lowest BCUT2D eigenvalue weighted by Gasteiger charge is -2.30. The maximum Gasteiger partial charge on any atom is 0.243 e. The first-order valence-corrected chi connectivity index (χ1v) is 11.4. The third-order valence-electron chi connectivity index (χ3n) is 4.75. The molecule has 1 aromatic carbocycles. The molecule has 1 aliphatic rings. The van der Waals surface area contributed by atoms with Crippen LogP contribution in [0.25, 0.3) is 0 Å². The Balaban J connectivity index is 2.15. The van der Waals surface area contributed by atoms with Crippen molar-refractivity contribution in [3.63, 3.8) is 0 Å². The first kappa shape index (κ1) is 21.9. The number of unbranched alkanes of at least 4 members (excludes halogenated alkanes) is 1. The van der Waals surface area contributed by atoms with Gasteiger partial charge >= 0.3 is 0 Å². The minimum atomic E-state index is -3.68. The van der Waals surface area contributed by atoms with Crippen LogP contribution in [0.5, 0.6) is 0 Å². The third kappa shape index (κ3) is 6.30. The topological polar surface area (TPSA) is 69.7 Å². The number of nitrogens with zero attached hydrogens (tertiary/aromatic N) is 2. The molecule has 2 rings (SSSR count). The monoisotopic (exact) mass is 395 g/mol. The van der Waals surface area contributed by atoms with Gasteiger partial charge in [0.15, 0.2) is 0 Å². The number of carbonyl (C=O) groups excluding carboxylic acids is 1. The minimum absolute atomic E-state index is 0.0872. The van der Waals surface area contributed by atoms with E-state index < -0.39 is 10.0 Å². The van der Waals surface area contributed by atoms with Gasteiger partial charge in [-0.25, -0.2) is 8.42 Å². The summed E-state index contributed by atoms with van der Waals surface area (Å²) in [7, 11) is -3.68. The number of benzene rings is 1. The van der Waals surface area contributed by atoms with Gasteiger partial charge < -0.3 is 10.2 Å². The van der Waals surface area contributed by atoms with Crippen molar-refractivity contribution in [3.8, 4) is 0 Å². The van der Waals surface area contributed by atoms with Crippen molar-refractivity contribution in [1.82, 2.24) is 14.5 Å². The lowest BCUT2D eigenvalue weighted by atomic mass is 10.0. The summed E-state index contributed by atoms with van der Waals surface area (Å²) in [6.45, 7) is 9.34. The number of sulfonamides is 1. The van der Waals surface area contributed by atoms with Crippen LogP contribution in [0.3, 0.4) is 0 Å². The second kappa shape index (κ2) is 10.2. The molecule has 6 nitrogen and oxygen atoms in total. The molecular weight excluding hydrogens is 362 g/mol. The minimum Gasteiger partial charge on any atom is -0.339 e. The molecule has 7 heteroatoms. The molecule has 1 aliphatic heterocycles. The summed E-state index contributed by atoms with van der Waals surface area (Å²) in [4.78, 5) is 14.6. The van der Waals surface area contributed by atoms with Gasteiger partial charge in [0.25, 0.3) is 0 Å². The van der Waals surface area contributed by atoms with Crippen LogP contribution < -0.4 is 5.32 Å². The molecule has 1 fully saturated rings. The summed E-state index contributed by atoms with van der Waals surface area (Å²) in [5, 5.41) is 3.21. The molecule has 0 aliphatic carbocycles. The van der Waals surface area contributed by atoms with Crippen LogP contribution in [-0.2, 0) is 21.2 Å². The predicted octanol–water partition coefficient (Wildman–Crippen LogP) is 2.11. The van der Waals surface area contributed by atoms with Crippen LogP contribution in [0.4, 0.5) is 0 Å². The van der Waals surface area contributed by atoms with Gasteiger partial charge in [-0.2, -0.15) is 4.31 Å². The summed E-state index contributed by atoms with van der Waals surface area (Å²) in [5.74, 6) is 0.401. The molecule has 152 valence electrons. The quantitative estimate of drug-likeness (QED) is 0.695. The first-order chi connectivity index (χ1) is 12.8. The molecule has 0 bridgehead atoms. The Morgan fingerprint density at radius 1 is 1.19 bits per heavy atom. The molecule has 1 amide bonds. The van der Waals surface area contributed by atoms with Gasteiger partial charge in [0.2, 0.25) is 15.9 Å². The van der Waals surface area contributed by atoms with Crippen molar-refractivity contribution < 1.29 is 13.2 Å². The summed E-state index contributed by atoms with van der Waals surface area (Å²) in [6.07, 6.45) is 2.53. The molecule has 0 spiro atoms. The van der Waals surface area contributed by atoms with Crippen LogP contribution in [0.2, 0.25) is 0 Å². The Morgan fingerprint density at radius 2 is 1.81 bits per heavy atom.